The summed E-state index contributed by atoms with van der Waals surface area (Å²) in [6, 6.07) is 8.26. The molecular weight excluding hydrogens is 630 g/mol. The molecule has 0 saturated heterocycles. The molecule has 0 unspecified atom stereocenters. The van der Waals surface area contributed by atoms with Crippen molar-refractivity contribution in [2.45, 2.75) is 19.3 Å². The van der Waals surface area contributed by atoms with E-state index in [2.05, 4.69) is 30.4 Å². The molecular formula is C26H19BrF6N2O6. The zero-order valence-electron chi connectivity index (χ0n) is 21.2. The monoisotopic (exact) mass is 648 g/mol. The van der Waals surface area contributed by atoms with Crippen LogP contribution in [0.2, 0.25) is 0 Å². The number of oxazole rings is 1. The average Bonchev–Trinajstić information content (AvgIpc) is 3.32. The molecule has 4 rings (SSSR count). The van der Waals surface area contributed by atoms with Gasteiger partial charge in [-0.3, -0.25) is 0 Å². The maximum Gasteiger partial charge on any atom is 0.417 e. The molecule has 41 heavy (non-hydrogen) atoms. The lowest BCUT2D eigenvalue weighted by Gasteiger charge is -2.12. The summed E-state index contributed by atoms with van der Waals surface area (Å²) in [7, 11) is 1.97. The summed E-state index contributed by atoms with van der Waals surface area (Å²) in [5.41, 5.74) is 2.68. The Balaban J connectivity index is 0.000000250. The minimum Gasteiger partial charge on any atom is -0.506 e. The number of aromatic hydroxyl groups is 1. The van der Waals surface area contributed by atoms with Crippen molar-refractivity contribution in [3.63, 3.8) is 0 Å². The number of carbonyl (C=O) groups excluding carboxylic acids is 2. The van der Waals surface area contributed by atoms with Gasteiger partial charge >= 0.3 is 24.3 Å². The van der Waals surface area contributed by atoms with Gasteiger partial charge in [-0.1, -0.05) is 22.0 Å². The van der Waals surface area contributed by atoms with Gasteiger partial charge in [0, 0.05) is 10.0 Å². The third kappa shape index (κ3) is 6.73. The second-order valence-corrected chi connectivity index (χ2v) is 9.09. The second kappa shape index (κ2) is 11.7. The van der Waals surface area contributed by atoms with Crippen LogP contribution < -0.4 is 5.73 Å². The quantitative estimate of drug-likeness (QED) is 0.104. The van der Waals surface area contributed by atoms with E-state index in [0.29, 0.717) is 11.6 Å². The molecule has 218 valence electrons. The molecule has 3 aromatic carbocycles. The number of benzene rings is 3. The van der Waals surface area contributed by atoms with E-state index in [1.165, 1.54) is 0 Å². The minimum absolute atomic E-state index is 0.0608. The van der Waals surface area contributed by atoms with Gasteiger partial charge in [0.25, 0.3) is 0 Å². The van der Waals surface area contributed by atoms with Crippen molar-refractivity contribution >= 4 is 44.7 Å². The molecule has 1 heterocycles. The number of rotatable bonds is 3. The van der Waals surface area contributed by atoms with Crippen LogP contribution in [-0.2, 0) is 21.8 Å². The molecule has 15 heteroatoms. The number of phenols is 1. The van der Waals surface area contributed by atoms with Crippen LogP contribution in [0.5, 0.6) is 5.75 Å². The van der Waals surface area contributed by atoms with Crippen molar-refractivity contribution in [2.24, 2.45) is 0 Å². The van der Waals surface area contributed by atoms with E-state index in [9.17, 15) is 35.9 Å². The van der Waals surface area contributed by atoms with Crippen molar-refractivity contribution < 1.29 is 54.9 Å². The average molecular weight is 649 g/mol. The molecule has 3 N–H and O–H groups in total. The fourth-order valence-corrected chi connectivity index (χ4v) is 3.93. The molecule has 1 aromatic heterocycles. The number of hydrogen-bond acceptors (Lipinski definition) is 8. The number of phenolic OH excluding ortho intramolecular Hbond substituents is 1. The highest BCUT2D eigenvalue weighted by atomic mass is 79.9. The fraction of sp³-hybridized carbons (Fsp3) is 0.192. The number of alkyl halides is 6. The largest absolute Gasteiger partial charge is 0.506 e. The molecule has 0 aliphatic rings. The highest BCUT2D eigenvalue weighted by Crippen LogP contribution is 2.38. The van der Waals surface area contributed by atoms with Crippen LogP contribution in [-0.4, -0.2) is 36.2 Å². The van der Waals surface area contributed by atoms with E-state index in [1.807, 2.05) is 13.0 Å². The van der Waals surface area contributed by atoms with Crippen molar-refractivity contribution in [2.75, 3.05) is 20.0 Å². The van der Waals surface area contributed by atoms with Gasteiger partial charge in [-0.25, -0.2) is 14.6 Å². The van der Waals surface area contributed by atoms with E-state index in [0.717, 1.165) is 42.5 Å². The number of nitrogens with two attached hydrogens (primary N) is 1. The summed E-state index contributed by atoms with van der Waals surface area (Å²) in [6.07, 6.45) is -9.49. The maximum atomic E-state index is 13.2. The fourth-order valence-electron chi connectivity index (χ4n) is 3.56. The zero-order valence-corrected chi connectivity index (χ0v) is 22.8. The van der Waals surface area contributed by atoms with Crippen LogP contribution in [0.25, 0.3) is 22.6 Å². The Hall–Kier alpha value is -4.27. The summed E-state index contributed by atoms with van der Waals surface area (Å²) in [6.45, 7) is 1.83. The Morgan fingerprint density at radius 3 is 2.00 bits per heavy atom. The van der Waals surface area contributed by atoms with Crippen molar-refractivity contribution in [3.8, 4) is 17.2 Å². The molecule has 0 aliphatic heterocycles. The first-order chi connectivity index (χ1) is 19.0. The first kappa shape index (κ1) is 31.3. The van der Waals surface area contributed by atoms with Crippen molar-refractivity contribution in [3.05, 3.63) is 74.8 Å². The zero-order chi connectivity index (χ0) is 30.9. The van der Waals surface area contributed by atoms with Gasteiger partial charge < -0.3 is 24.7 Å². The smallest absolute Gasteiger partial charge is 0.417 e. The summed E-state index contributed by atoms with van der Waals surface area (Å²) >= 11 is 3.39. The van der Waals surface area contributed by atoms with Gasteiger partial charge in [0.05, 0.1) is 42.2 Å². The summed E-state index contributed by atoms with van der Waals surface area (Å²) in [5, 5.41) is 9.07. The van der Waals surface area contributed by atoms with Crippen LogP contribution >= 0.6 is 15.9 Å². The van der Waals surface area contributed by atoms with E-state index in [-0.39, 0.29) is 22.7 Å². The normalized spacial score (nSPS) is 11.6. The molecule has 0 amide bonds. The highest BCUT2D eigenvalue weighted by molar-refractivity contribution is 9.10. The highest BCUT2D eigenvalue weighted by Gasteiger charge is 2.38. The molecule has 0 aliphatic carbocycles. The number of aromatic nitrogens is 1. The van der Waals surface area contributed by atoms with Gasteiger partial charge in [-0.2, -0.15) is 26.3 Å². The number of fused-ring (bicyclic) bond motifs is 1. The van der Waals surface area contributed by atoms with Gasteiger partial charge in [-0.05, 0) is 48.9 Å². The van der Waals surface area contributed by atoms with E-state index >= 15 is 0 Å². The number of nitrogens with zero attached hydrogens (tertiary/aromatic N) is 1. The van der Waals surface area contributed by atoms with Gasteiger partial charge in [0.15, 0.2) is 5.58 Å². The number of esters is 2. The SMILES string of the molecule is COC(=O)c1cc(N)c(O)cc1C(F)(F)F.COC(=O)c1cc2nc(-c3cccc(Br)c3C)oc2cc1C(F)(F)F. The molecule has 0 atom stereocenters. The predicted octanol–water partition coefficient (Wildman–Crippen LogP) is 7.15. The van der Waals surface area contributed by atoms with Crippen LogP contribution in [0.1, 0.15) is 37.4 Å². The van der Waals surface area contributed by atoms with E-state index in [1.54, 1.807) is 12.1 Å². The van der Waals surface area contributed by atoms with Crippen molar-refractivity contribution in [1.82, 2.24) is 4.98 Å². The second-order valence-electron chi connectivity index (χ2n) is 8.23. The molecule has 0 radical (unpaired) electrons. The topological polar surface area (TPSA) is 125 Å². The summed E-state index contributed by atoms with van der Waals surface area (Å²) < 4.78 is 92.2. The summed E-state index contributed by atoms with van der Waals surface area (Å²) in [5.74, 6) is -2.82. The molecule has 0 saturated carbocycles. The van der Waals surface area contributed by atoms with E-state index in [4.69, 9.17) is 15.3 Å². The third-order valence-electron chi connectivity index (χ3n) is 5.61. The Kier molecular flexibility index (Phi) is 8.91. The minimum atomic E-state index is -4.77. The number of halogens is 7. The Bertz CT molecular complexity index is 1630. The lowest BCUT2D eigenvalue weighted by atomic mass is 10.1. The molecule has 4 aromatic rings. The standard InChI is InChI=1S/C17H11BrF3NO3.C9H8F3NO3/c1-8-9(4-3-5-12(8)18)15-22-13-6-10(16(23)24-2)11(17(19,20)21)7-14(13)25-15;1-16-8(15)4-2-6(13)7(14)3-5(4)9(10,11)12/h3-7H,1-2H3;2-3,14H,13H2,1H3. The van der Waals surface area contributed by atoms with Gasteiger partial charge in [-0.15, -0.1) is 0 Å². The Morgan fingerprint density at radius 2 is 1.46 bits per heavy atom. The molecule has 0 bridgehead atoms. The van der Waals surface area contributed by atoms with Crippen LogP contribution in [0.3, 0.4) is 0 Å². The predicted molar refractivity (Wildman–Crippen MR) is 137 cm³/mol. The van der Waals surface area contributed by atoms with Crippen molar-refractivity contribution in [1.29, 1.82) is 0 Å². The summed E-state index contributed by atoms with van der Waals surface area (Å²) in [4.78, 5) is 27.0. The number of methoxy groups -OCH3 is 2. The Morgan fingerprint density at radius 1 is 0.927 bits per heavy atom. The molecule has 0 fully saturated rings. The Labute approximate surface area is 235 Å². The van der Waals surface area contributed by atoms with Crippen LogP contribution in [0.4, 0.5) is 32.0 Å². The van der Waals surface area contributed by atoms with Gasteiger partial charge in [0.1, 0.15) is 11.3 Å². The van der Waals surface area contributed by atoms with E-state index < -0.39 is 52.3 Å². The number of nitrogen functional groups attached to an aromatic ring is 1. The maximum absolute atomic E-state index is 13.2. The lowest BCUT2D eigenvalue weighted by Crippen LogP contribution is -2.14. The van der Waals surface area contributed by atoms with Crippen LogP contribution in [0.15, 0.2) is 51.4 Å². The third-order valence-corrected chi connectivity index (χ3v) is 6.47. The number of hydrogen-bond donors (Lipinski definition) is 2. The number of anilines is 1. The van der Waals surface area contributed by atoms with Crippen LogP contribution in [0, 0.1) is 6.92 Å². The number of carbonyl (C=O) groups is 2. The lowest BCUT2D eigenvalue weighted by molar-refractivity contribution is -0.138. The number of ether oxygens (including phenoxy) is 2. The van der Waals surface area contributed by atoms with Gasteiger partial charge in [0.2, 0.25) is 5.89 Å². The molecule has 8 nitrogen and oxygen atoms in total. The first-order valence-corrected chi connectivity index (χ1v) is 11.9. The molecule has 0 spiro atoms. The first-order valence-electron chi connectivity index (χ1n) is 11.1.